The number of rotatable bonds is 4. The molecular formula is C50H32N2. The van der Waals surface area contributed by atoms with Crippen LogP contribution in [0.3, 0.4) is 0 Å². The third kappa shape index (κ3) is 4.31. The zero-order valence-corrected chi connectivity index (χ0v) is 28.4. The second-order valence-electron chi connectivity index (χ2n) is 13.7. The summed E-state index contributed by atoms with van der Waals surface area (Å²) in [4.78, 5) is 0. The van der Waals surface area contributed by atoms with Crippen LogP contribution in [0.15, 0.2) is 194 Å². The van der Waals surface area contributed by atoms with Gasteiger partial charge in [-0.15, -0.1) is 0 Å². The lowest BCUT2D eigenvalue weighted by atomic mass is 9.98. The number of nitrogens with zero attached hydrogens (tertiary/aromatic N) is 2. The molecule has 0 atom stereocenters. The Bertz CT molecular complexity index is 3150. The Hall–Kier alpha value is -6.90. The van der Waals surface area contributed by atoms with Gasteiger partial charge in [0.25, 0.3) is 0 Å². The van der Waals surface area contributed by atoms with Gasteiger partial charge in [0.1, 0.15) is 0 Å². The van der Waals surface area contributed by atoms with E-state index in [9.17, 15) is 0 Å². The van der Waals surface area contributed by atoms with E-state index in [1.807, 2.05) is 0 Å². The van der Waals surface area contributed by atoms with Crippen LogP contribution in [0.25, 0.3) is 98.8 Å². The maximum atomic E-state index is 2.43. The minimum Gasteiger partial charge on any atom is -0.309 e. The molecule has 2 heteroatoms. The van der Waals surface area contributed by atoms with Crippen molar-refractivity contribution in [2.24, 2.45) is 0 Å². The molecule has 0 aliphatic heterocycles. The van der Waals surface area contributed by atoms with Crippen LogP contribution in [0.4, 0.5) is 0 Å². The molecule has 0 fully saturated rings. The molecule has 11 rings (SSSR count). The largest absolute Gasteiger partial charge is 0.309 e. The second kappa shape index (κ2) is 11.3. The van der Waals surface area contributed by atoms with E-state index in [2.05, 4.69) is 203 Å². The van der Waals surface area contributed by atoms with Crippen LogP contribution in [0.5, 0.6) is 0 Å². The average molecular weight is 661 g/mol. The predicted molar refractivity (Wildman–Crippen MR) is 221 cm³/mol. The summed E-state index contributed by atoms with van der Waals surface area (Å²) >= 11 is 0. The molecule has 0 saturated heterocycles. The number of benzene rings is 9. The van der Waals surface area contributed by atoms with Crippen molar-refractivity contribution in [2.75, 3.05) is 0 Å². The Labute approximate surface area is 301 Å². The van der Waals surface area contributed by atoms with Crippen molar-refractivity contribution < 1.29 is 0 Å². The maximum absolute atomic E-state index is 2.43. The molecule has 0 N–H and O–H groups in total. The van der Waals surface area contributed by atoms with Crippen molar-refractivity contribution in [1.29, 1.82) is 0 Å². The minimum atomic E-state index is 1.16. The van der Waals surface area contributed by atoms with Crippen molar-refractivity contribution in [3.8, 4) is 33.6 Å². The fraction of sp³-hybridized carbons (Fsp3) is 0. The average Bonchev–Trinajstić information content (AvgIpc) is 3.73. The lowest BCUT2D eigenvalue weighted by molar-refractivity contribution is 1.17. The third-order valence-corrected chi connectivity index (χ3v) is 10.9. The van der Waals surface area contributed by atoms with E-state index >= 15 is 0 Å². The lowest BCUT2D eigenvalue weighted by Gasteiger charge is -2.11. The summed E-state index contributed by atoms with van der Waals surface area (Å²) in [5.74, 6) is 0. The predicted octanol–water partition coefficient (Wildman–Crippen LogP) is 13.5. The van der Waals surface area contributed by atoms with Crippen molar-refractivity contribution >= 4 is 65.2 Å². The molecule has 2 aromatic heterocycles. The van der Waals surface area contributed by atoms with Crippen LogP contribution in [0.1, 0.15) is 0 Å². The van der Waals surface area contributed by atoms with E-state index < -0.39 is 0 Å². The Kier molecular flexibility index (Phi) is 6.28. The van der Waals surface area contributed by atoms with Crippen LogP contribution >= 0.6 is 0 Å². The van der Waals surface area contributed by atoms with E-state index in [1.54, 1.807) is 0 Å². The molecule has 11 aromatic rings. The summed E-state index contributed by atoms with van der Waals surface area (Å²) in [5.41, 5.74) is 12.1. The summed E-state index contributed by atoms with van der Waals surface area (Å²) in [6, 6.07) is 70.9. The highest BCUT2D eigenvalue weighted by Gasteiger charge is 2.20. The minimum absolute atomic E-state index is 1.16. The van der Waals surface area contributed by atoms with Gasteiger partial charge in [-0.3, -0.25) is 0 Å². The number of hydrogen-bond donors (Lipinski definition) is 0. The number of hydrogen-bond acceptors (Lipinski definition) is 0. The van der Waals surface area contributed by atoms with Gasteiger partial charge in [0.2, 0.25) is 0 Å². The molecule has 2 heterocycles. The van der Waals surface area contributed by atoms with Crippen molar-refractivity contribution in [3.05, 3.63) is 194 Å². The van der Waals surface area contributed by atoms with Crippen LogP contribution in [-0.2, 0) is 0 Å². The highest BCUT2D eigenvalue weighted by Crippen LogP contribution is 2.42. The van der Waals surface area contributed by atoms with Crippen molar-refractivity contribution in [3.63, 3.8) is 0 Å². The van der Waals surface area contributed by atoms with E-state index in [0.717, 1.165) is 11.4 Å². The summed E-state index contributed by atoms with van der Waals surface area (Å²) in [6.07, 6.45) is 0. The van der Waals surface area contributed by atoms with Gasteiger partial charge in [0.15, 0.2) is 0 Å². The van der Waals surface area contributed by atoms with Gasteiger partial charge < -0.3 is 9.13 Å². The first kappa shape index (κ1) is 28.9. The van der Waals surface area contributed by atoms with E-state index in [1.165, 1.54) is 87.4 Å². The lowest BCUT2D eigenvalue weighted by Crippen LogP contribution is -1.95. The topological polar surface area (TPSA) is 9.86 Å². The Morgan fingerprint density at radius 2 is 0.750 bits per heavy atom. The summed E-state index contributed by atoms with van der Waals surface area (Å²) in [6.45, 7) is 0. The van der Waals surface area contributed by atoms with Gasteiger partial charge in [0.05, 0.1) is 22.1 Å². The molecule has 0 amide bonds. The highest BCUT2D eigenvalue weighted by atomic mass is 15.0. The van der Waals surface area contributed by atoms with Gasteiger partial charge in [-0.1, -0.05) is 140 Å². The fourth-order valence-corrected chi connectivity index (χ4v) is 8.51. The monoisotopic (exact) mass is 660 g/mol. The molecule has 242 valence electrons. The quantitative estimate of drug-likeness (QED) is 0.178. The first-order valence-electron chi connectivity index (χ1n) is 17.9. The summed E-state index contributed by atoms with van der Waals surface area (Å²) in [5, 5.41) is 10.1. The normalized spacial score (nSPS) is 11.8. The maximum Gasteiger partial charge on any atom is 0.0548 e. The van der Waals surface area contributed by atoms with Crippen molar-refractivity contribution in [2.45, 2.75) is 0 Å². The van der Waals surface area contributed by atoms with E-state index in [4.69, 9.17) is 0 Å². The summed E-state index contributed by atoms with van der Waals surface area (Å²) < 4.78 is 4.86. The third-order valence-electron chi connectivity index (χ3n) is 10.9. The molecule has 0 unspecified atom stereocenters. The van der Waals surface area contributed by atoms with Crippen LogP contribution in [-0.4, -0.2) is 9.13 Å². The molecular weight excluding hydrogens is 629 g/mol. The molecule has 0 spiro atoms. The molecule has 2 nitrogen and oxygen atoms in total. The SMILES string of the molecule is c1ccc2cc(-c3ccc(-n4c5ccccc5c5c6c7ccccc7n(-c7ccc(-c8cccc9ccccc89)cc7)c6ccc54)cc3)ccc2c1. The van der Waals surface area contributed by atoms with E-state index in [0.29, 0.717) is 0 Å². The Balaban J connectivity index is 1.08. The number of aromatic nitrogens is 2. The van der Waals surface area contributed by atoms with Crippen LogP contribution in [0.2, 0.25) is 0 Å². The smallest absolute Gasteiger partial charge is 0.0548 e. The van der Waals surface area contributed by atoms with Gasteiger partial charge in [-0.2, -0.15) is 0 Å². The van der Waals surface area contributed by atoms with Crippen molar-refractivity contribution in [1.82, 2.24) is 9.13 Å². The highest BCUT2D eigenvalue weighted by molar-refractivity contribution is 6.28. The Morgan fingerprint density at radius 1 is 0.269 bits per heavy atom. The van der Waals surface area contributed by atoms with E-state index in [-0.39, 0.29) is 0 Å². The van der Waals surface area contributed by atoms with Gasteiger partial charge >= 0.3 is 0 Å². The molecule has 52 heavy (non-hydrogen) atoms. The fourth-order valence-electron chi connectivity index (χ4n) is 8.51. The zero-order valence-electron chi connectivity index (χ0n) is 28.4. The molecule has 0 aliphatic rings. The molecule has 0 radical (unpaired) electrons. The summed E-state index contributed by atoms with van der Waals surface area (Å²) in [7, 11) is 0. The van der Waals surface area contributed by atoms with Gasteiger partial charge in [0, 0.05) is 32.9 Å². The first-order valence-corrected chi connectivity index (χ1v) is 17.9. The second-order valence-corrected chi connectivity index (χ2v) is 13.7. The molecule has 0 bridgehead atoms. The van der Waals surface area contributed by atoms with Crippen LogP contribution in [0, 0.1) is 0 Å². The zero-order chi connectivity index (χ0) is 34.2. The standard InChI is InChI=1S/C50H32N2/c1-2-12-37-32-38(21-20-33(37)10-1)34-22-26-39(27-23-34)51-45-18-7-5-15-43(45)49-47(51)30-31-48-50(49)44-16-6-8-19-46(44)52(48)40-28-24-36(25-29-40)42-17-9-13-35-11-3-4-14-41(35)42/h1-32H. The number of para-hydroxylation sites is 2. The molecule has 9 aromatic carbocycles. The van der Waals surface area contributed by atoms with Gasteiger partial charge in [-0.05, 0) is 98.4 Å². The first-order chi connectivity index (χ1) is 25.8. The van der Waals surface area contributed by atoms with Crippen LogP contribution < -0.4 is 0 Å². The molecule has 0 saturated carbocycles. The number of fused-ring (bicyclic) bond motifs is 9. The Morgan fingerprint density at radius 3 is 1.38 bits per heavy atom. The van der Waals surface area contributed by atoms with Gasteiger partial charge in [-0.25, -0.2) is 0 Å². The molecule has 0 aliphatic carbocycles.